The predicted molar refractivity (Wildman–Crippen MR) is 70.0 cm³/mol. The maximum absolute atomic E-state index is 5.68. The number of aromatic nitrogens is 4. The first-order valence-corrected chi connectivity index (χ1v) is 5.92. The summed E-state index contributed by atoms with van der Waals surface area (Å²) in [5, 5.41) is 9.33. The Morgan fingerprint density at radius 2 is 2.17 bits per heavy atom. The van der Waals surface area contributed by atoms with Gasteiger partial charge in [-0.3, -0.25) is 4.68 Å². The van der Waals surface area contributed by atoms with E-state index in [9.17, 15) is 0 Å². The van der Waals surface area contributed by atoms with Crippen LogP contribution >= 0.6 is 0 Å². The second kappa shape index (κ2) is 4.27. The van der Waals surface area contributed by atoms with Crippen LogP contribution in [0.2, 0.25) is 0 Å². The molecule has 92 valence electrons. The molecular formula is C13H15N5. The van der Waals surface area contributed by atoms with E-state index in [0.29, 0.717) is 6.54 Å². The summed E-state index contributed by atoms with van der Waals surface area (Å²) >= 11 is 0. The Bertz CT molecular complexity index is 680. The molecule has 2 aromatic heterocycles. The molecule has 0 atom stereocenters. The van der Waals surface area contributed by atoms with Crippen LogP contribution in [0.15, 0.2) is 30.5 Å². The molecule has 5 nitrogen and oxygen atoms in total. The van der Waals surface area contributed by atoms with Crippen molar-refractivity contribution >= 4 is 10.9 Å². The number of nitrogens with one attached hydrogen (secondary N) is 1. The third-order valence-electron chi connectivity index (χ3n) is 3.25. The van der Waals surface area contributed by atoms with Crippen molar-refractivity contribution in [3.63, 3.8) is 0 Å². The zero-order valence-corrected chi connectivity index (χ0v) is 10.2. The van der Waals surface area contributed by atoms with Gasteiger partial charge >= 0.3 is 0 Å². The Morgan fingerprint density at radius 3 is 3.00 bits per heavy atom. The van der Waals surface area contributed by atoms with Crippen molar-refractivity contribution in [1.29, 1.82) is 0 Å². The molecule has 0 aliphatic rings. The first-order chi connectivity index (χ1) is 8.79. The lowest BCUT2D eigenvalue weighted by Gasteiger charge is -2.02. The van der Waals surface area contributed by atoms with Crippen LogP contribution in [-0.4, -0.2) is 20.0 Å². The summed E-state index contributed by atoms with van der Waals surface area (Å²) in [5.74, 6) is 0. The van der Waals surface area contributed by atoms with Crippen molar-refractivity contribution in [2.75, 3.05) is 0 Å². The fraction of sp³-hybridized carbons (Fsp3) is 0.231. The van der Waals surface area contributed by atoms with Gasteiger partial charge in [0.1, 0.15) is 0 Å². The van der Waals surface area contributed by atoms with Crippen molar-refractivity contribution < 1.29 is 0 Å². The number of nitrogens with zero attached hydrogens (tertiary/aromatic N) is 3. The quantitative estimate of drug-likeness (QED) is 0.727. The molecule has 18 heavy (non-hydrogen) atoms. The lowest BCUT2D eigenvalue weighted by molar-refractivity contribution is 0.686. The van der Waals surface area contributed by atoms with Crippen LogP contribution in [0.25, 0.3) is 10.9 Å². The summed E-state index contributed by atoms with van der Waals surface area (Å²) in [4.78, 5) is 3.28. The van der Waals surface area contributed by atoms with Crippen LogP contribution in [0.5, 0.6) is 0 Å². The predicted octanol–water partition coefficient (Wildman–Crippen LogP) is 1.35. The molecule has 0 radical (unpaired) electrons. The Labute approximate surface area is 105 Å². The highest BCUT2D eigenvalue weighted by molar-refractivity contribution is 5.83. The Kier molecular flexibility index (Phi) is 2.60. The SMILES string of the molecule is Cn1nnc(CN)c1Cc1c[nH]c2ccccc12. The van der Waals surface area contributed by atoms with E-state index in [2.05, 4.69) is 27.4 Å². The highest BCUT2D eigenvalue weighted by Gasteiger charge is 2.12. The standard InChI is InChI=1S/C13H15N5/c1-18-13(12(7-14)16-17-18)6-9-8-15-11-5-3-2-4-10(9)11/h2-5,8,15H,6-7,14H2,1H3. The molecule has 1 aromatic carbocycles. The molecule has 2 heterocycles. The van der Waals surface area contributed by atoms with Gasteiger partial charge in [-0.2, -0.15) is 0 Å². The molecule has 0 spiro atoms. The van der Waals surface area contributed by atoms with Gasteiger partial charge in [-0.1, -0.05) is 23.4 Å². The Morgan fingerprint density at radius 1 is 1.33 bits per heavy atom. The fourth-order valence-electron chi connectivity index (χ4n) is 2.25. The van der Waals surface area contributed by atoms with E-state index in [0.717, 1.165) is 23.3 Å². The molecule has 5 heteroatoms. The lowest BCUT2D eigenvalue weighted by atomic mass is 10.1. The minimum atomic E-state index is 0.422. The second-order valence-electron chi connectivity index (χ2n) is 4.35. The van der Waals surface area contributed by atoms with Gasteiger partial charge in [0.05, 0.1) is 11.4 Å². The van der Waals surface area contributed by atoms with Crippen LogP contribution in [0.4, 0.5) is 0 Å². The van der Waals surface area contributed by atoms with Crippen LogP contribution in [-0.2, 0) is 20.0 Å². The molecule has 3 rings (SSSR count). The number of fused-ring (bicyclic) bond motifs is 1. The minimum Gasteiger partial charge on any atom is -0.361 e. The summed E-state index contributed by atoms with van der Waals surface area (Å²) in [7, 11) is 1.90. The highest BCUT2D eigenvalue weighted by Crippen LogP contribution is 2.21. The number of hydrogen-bond donors (Lipinski definition) is 2. The number of aryl methyl sites for hydroxylation is 1. The van der Waals surface area contributed by atoms with Gasteiger partial charge < -0.3 is 10.7 Å². The van der Waals surface area contributed by atoms with Crippen LogP contribution in [0, 0.1) is 0 Å². The molecule has 0 saturated heterocycles. The summed E-state index contributed by atoms with van der Waals surface area (Å²) in [6.45, 7) is 0.422. The van der Waals surface area contributed by atoms with Crippen molar-refractivity contribution in [1.82, 2.24) is 20.0 Å². The summed E-state index contributed by atoms with van der Waals surface area (Å²) < 4.78 is 1.80. The number of para-hydroxylation sites is 1. The van der Waals surface area contributed by atoms with E-state index in [1.807, 2.05) is 25.4 Å². The molecule has 0 bridgehead atoms. The summed E-state index contributed by atoms with van der Waals surface area (Å²) in [6, 6.07) is 8.27. The Balaban J connectivity index is 2.04. The third kappa shape index (κ3) is 1.69. The van der Waals surface area contributed by atoms with E-state index >= 15 is 0 Å². The van der Waals surface area contributed by atoms with Gasteiger partial charge in [-0.05, 0) is 11.6 Å². The van der Waals surface area contributed by atoms with E-state index in [4.69, 9.17) is 5.73 Å². The Hall–Kier alpha value is -2.14. The number of benzene rings is 1. The first kappa shape index (κ1) is 11.0. The first-order valence-electron chi connectivity index (χ1n) is 5.92. The molecule has 0 aliphatic heterocycles. The zero-order valence-electron chi connectivity index (χ0n) is 10.2. The van der Waals surface area contributed by atoms with Crippen molar-refractivity contribution in [2.24, 2.45) is 12.8 Å². The second-order valence-corrected chi connectivity index (χ2v) is 4.35. The maximum Gasteiger partial charge on any atom is 0.0997 e. The summed E-state index contributed by atoms with van der Waals surface area (Å²) in [6.07, 6.45) is 2.83. The maximum atomic E-state index is 5.68. The largest absolute Gasteiger partial charge is 0.361 e. The normalized spacial score (nSPS) is 11.2. The van der Waals surface area contributed by atoms with Gasteiger partial charge in [0.25, 0.3) is 0 Å². The molecule has 0 unspecified atom stereocenters. The molecule has 3 N–H and O–H groups in total. The van der Waals surface area contributed by atoms with E-state index in [1.54, 1.807) is 4.68 Å². The topological polar surface area (TPSA) is 72.5 Å². The number of H-pyrrole nitrogens is 1. The summed E-state index contributed by atoms with van der Waals surface area (Å²) in [5.41, 5.74) is 10.0. The fourth-order valence-corrected chi connectivity index (χ4v) is 2.25. The number of rotatable bonds is 3. The average Bonchev–Trinajstić information content (AvgIpc) is 2.96. The van der Waals surface area contributed by atoms with E-state index in [1.165, 1.54) is 10.9 Å². The van der Waals surface area contributed by atoms with Gasteiger partial charge in [0.15, 0.2) is 0 Å². The molecule has 0 amide bonds. The zero-order chi connectivity index (χ0) is 12.5. The van der Waals surface area contributed by atoms with Crippen LogP contribution < -0.4 is 5.73 Å². The number of aromatic amines is 1. The molecule has 0 aliphatic carbocycles. The van der Waals surface area contributed by atoms with Crippen molar-refractivity contribution in [3.8, 4) is 0 Å². The number of nitrogens with two attached hydrogens (primary N) is 1. The van der Waals surface area contributed by atoms with E-state index in [-0.39, 0.29) is 0 Å². The van der Waals surface area contributed by atoms with Crippen molar-refractivity contribution in [2.45, 2.75) is 13.0 Å². The van der Waals surface area contributed by atoms with Crippen LogP contribution in [0.1, 0.15) is 17.0 Å². The molecule has 3 aromatic rings. The average molecular weight is 241 g/mol. The monoisotopic (exact) mass is 241 g/mol. The minimum absolute atomic E-state index is 0.422. The van der Waals surface area contributed by atoms with Gasteiger partial charge in [-0.25, -0.2) is 0 Å². The van der Waals surface area contributed by atoms with E-state index < -0.39 is 0 Å². The lowest BCUT2D eigenvalue weighted by Crippen LogP contribution is -2.05. The van der Waals surface area contributed by atoms with Gasteiger partial charge in [0, 0.05) is 37.1 Å². The van der Waals surface area contributed by atoms with Gasteiger partial charge in [0.2, 0.25) is 0 Å². The third-order valence-corrected chi connectivity index (χ3v) is 3.25. The molecule has 0 fully saturated rings. The van der Waals surface area contributed by atoms with Crippen molar-refractivity contribution in [3.05, 3.63) is 47.4 Å². The van der Waals surface area contributed by atoms with Gasteiger partial charge in [-0.15, -0.1) is 5.10 Å². The van der Waals surface area contributed by atoms with Crippen LogP contribution in [0.3, 0.4) is 0 Å². The highest BCUT2D eigenvalue weighted by atomic mass is 15.4. The number of hydrogen-bond acceptors (Lipinski definition) is 3. The molecular weight excluding hydrogens is 226 g/mol. The smallest absolute Gasteiger partial charge is 0.0997 e. The molecule has 0 saturated carbocycles.